The summed E-state index contributed by atoms with van der Waals surface area (Å²) in [5, 5.41) is 8.47. The van der Waals surface area contributed by atoms with Crippen LogP contribution in [0.3, 0.4) is 0 Å². The second-order valence-electron chi connectivity index (χ2n) is 3.34. The summed E-state index contributed by atoms with van der Waals surface area (Å²) in [6, 6.07) is 7.71. The molecular weight excluding hydrogens is 204 g/mol. The summed E-state index contributed by atoms with van der Waals surface area (Å²) in [4.78, 5) is 10.3. The Labute approximate surface area is 95.4 Å². The first kappa shape index (κ1) is 12.3. The molecule has 1 aromatic carbocycles. The minimum atomic E-state index is -0.771. The molecule has 3 heteroatoms. The predicted molar refractivity (Wildman–Crippen MR) is 63.5 cm³/mol. The third-order valence-corrected chi connectivity index (χ3v) is 2.00. The van der Waals surface area contributed by atoms with Gasteiger partial charge in [-0.25, -0.2) is 0 Å². The van der Waals surface area contributed by atoms with E-state index in [0.29, 0.717) is 13.0 Å². The summed E-state index contributed by atoms with van der Waals surface area (Å²) in [6.45, 7) is 2.58. The van der Waals surface area contributed by atoms with E-state index < -0.39 is 5.97 Å². The zero-order chi connectivity index (χ0) is 11.8. The Kier molecular flexibility index (Phi) is 5.12. The molecule has 0 unspecified atom stereocenters. The summed E-state index contributed by atoms with van der Waals surface area (Å²) in [5.74, 6) is 0.0654. The molecule has 0 saturated carbocycles. The van der Waals surface area contributed by atoms with Gasteiger partial charge < -0.3 is 9.84 Å². The Morgan fingerprint density at radius 2 is 2.31 bits per heavy atom. The van der Waals surface area contributed by atoms with Crippen molar-refractivity contribution in [2.45, 2.75) is 19.8 Å². The fourth-order valence-corrected chi connectivity index (χ4v) is 1.30. The summed E-state index contributed by atoms with van der Waals surface area (Å²) < 4.78 is 5.36. The molecule has 0 bridgehead atoms. The number of carboxylic acids is 1. The summed E-state index contributed by atoms with van der Waals surface area (Å²) >= 11 is 0. The van der Waals surface area contributed by atoms with Crippen molar-refractivity contribution in [3.05, 3.63) is 35.9 Å². The molecule has 0 aromatic heterocycles. The van der Waals surface area contributed by atoms with Crippen LogP contribution in [0.4, 0.5) is 0 Å². The van der Waals surface area contributed by atoms with Crippen molar-refractivity contribution in [1.29, 1.82) is 0 Å². The molecule has 3 nitrogen and oxygen atoms in total. The van der Waals surface area contributed by atoms with Crippen molar-refractivity contribution in [3.8, 4) is 5.75 Å². The first-order valence-electron chi connectivity index (χ1n) is 5.33. The van der Waals surface area contributed by atoms with E-state index in [4.69, 9.17) is 9.84 Å². The van der Waals surface area contributed by atoms with Crippen LogP contribution in [-0.2, 0) is 4.79 Å². The number of hydrogen-bond acceptors (Lipinski definition) is 2. The highest BCUT2D eigenvalue weighted by Gasteiger charge is 1.94. The maximum absolute atomic E-state index is 10.3. The van der Waals surface area contributed by atoms with Gasteiger partial charge in [-0.1, -0.05) is 24.3 Å². The monoisotopic (exact) mass is 220 g/mol. The number of rotatable bonds is 6. The van der Waals surface area contributed by atoms with E-state index in [2.05, 4.69) is 0 Å². The Morgan fingerprint density at radius 3 is 3.00 bits per heavy atom. The molecule has 0 fully saturated rings. The van der Waals surface area contributed by atoms with Gasteiger partial charge in [0.05, 0.1) is 6.61 Å². The molecule has 0 heterocycles. The van der Waals surface area contributed by atoms with Crippen molar-refractivity contribution >= 4 is 12.0 Å². The fraction of sp³-hybridized carbons (Fsp3) is 0.308. The molecule has 1 N–H and O–H groups in total. The molecule has 0 atom stereocenters. The van der Waals surface area contributed by atoms with Crippen LogP contribution in [0.1, 0.15) is 25.3 Å². The maximum atomic E-state index is 10.3. The average Bonchev–Trinajstić information content (AvgIpc) is 2.25. The highest BCUT2D eigenvalue weighted by Crippen LogP contribution is 2.14. The number of benzene rings is 1. The third kappa shape index (κ3) is 4.64. The SMILES string of the molecule is CCOc1cccc(C=CCCC(=O)O)c1. The van der Waals surface area contributed by atoms with E-state index >= 15 is 0 Å². The first-order chi connectivity index (χ1) is 7.72. The van der Waals surface area contributed by atoms with Crippen molar-refractivity contribution in [1.82, 2.24) is 0 Å². The molecule has 0 saturated heterocycles. The summed E-state index contributed by atoms with van der Waals surface area (Å²) in [7, 11) is 0. The highest BCUT2D eigenvalue weighted by molar-refractivity contribution is 5.67. The number of carbonyl (C=O) groups is 1. The number of allylic oxidation sites excluding steroid dienone is 1. The van der Waals surface area contributed by atoms with Gasteiger partial charge in [0.25, 0.3) is 0 Å². The van der Waals surface area contributed by atoms with E-state index in [-0.39, 0.29) is 6.42 Å². The molecule has 1 rings (SSSR count). The normalized spacial score (nSPS) is 10.6. The van der Waals surface area contributed by atoms with Gasteiger partial charge >= 0.3 is 5.97 Å². The number of aliphatic carboxylic acids is 1. The van der Waals surface area contributed by atoms with E-state index in [9.17, 15) is 4.79 Å². The van der Waals surface area contributed by atoms with Crippen LogP contribution in [0.15, 0.2) is 30.3 Å². The predicted octanol–water partition coefficient (Wildman–Crippen LogP) is 2.96. The van der Waals surface area contributed by atoms with Crippen LogP contribution < -0.4 is 4.74 Å². The van der Waals surface area contributed by atoms with Crippen molar-refractivity contribution in [3.63, 3.8) is 0 Å². The Balaban J connectivity index is 2.52. The zero-order valence-corrected chi connectivity index (χ0v) is 9.35. The lowest BCUT2D eigenvalue weighted by Gasteiger charge is -2.02. The largest absolute Gasteiger partial charge is 0.494 e. The molecular formula is C13H16O3. The van der Waals surface area contributed by atoms with Crippen molar-refractivity contribution in [2.75, 3.05) is 6.61 Å². The third-order valence-electron chi connectivity index (χ3n) is 2.00. The molecule has 1 aromatic rings. The summed E-state index contributed by atoms with van der Waals surface area (Å²) in [5.41, 5.74) is 1.02. The van der Waals surface area contributed by atoms with Gasteiger partial charge in [0.15, 0.2) is 0 Å². The molecule has 0 radical (unpaired) electrons. The Morgan fingerprint density at radius 1 is 1.50 bits per heavy atom. The average molecular weight is 220 g/mol. The van der Waals surface area contributed by atoms with Gasteiger partial charge in [-0.2, -0.15) is 0 Å². The topological polar surface area (TPSA) is 46.5 Å². The first-order valence-corrected chi connectivity index (χ1v) is 5.33. The minimum Gasteiger partial charge on any atom is -0.494 e. The van der Waals surface area contributed by atoms with Gasteiger partial charge in [0.2, 0.25) is 0 Å². The van der Waals surface area contributed by atoms with Gasteiger partial charge in [-0.15, -0.1) is 0 Å². The van der Waals surface area contributed by atoms with Crippen molar-refractivity contribution < 1.29 is 14.6 Å². The Bertz CT molecular complexity index is 369. The molecule has 86 valence electrons. The van der Waals surface area contributed by atoms with Crippen LogP contribution in [0.5, 0.6) is 5.75 Å². The highest BCUT2D eigenvalue weighted by atomic mass is 16.5. The molecule has 0 spiro atoms. The number of carboxylic acid groups (broad SMARTS) is 1. The van der Waals surface area contributed by atoms with E-state index in [1.807, 2.05) is 43.3 Å². The Hall–Kier alpha value is -1.77. The van der Waals surface area contributed by atoms with Crippen LogP contribution in [0, 0.1) is 0 Å². The van der Waals surface area contributed by atoms with E-state index in [1.54, 1.807) is 0 Å². The second kappa shape index (κ2) is 6.67. The van der Waals surface area contributed by atoms with E-state index in [1.165, 1.54) is 0 Å². The van der Waals surface area contributed by atoms with Gasteiger partial charge in [0, 0.05) is 6.42 Å². The molecule has 16 heavy (non-hydrogen) atoms. The zero-order valence-electron chi connectivity index (χ0n) is 9.35. The summed E-state index contributed by atoms with van der Waals surface area (Å²) in [6.07, 6.45) is 4.49. The fourth-order valence-electron chi connectivity index (χ4n) is 1.30. The van der Waals surface area contributed by atoms with Gasteiger partial charge in [0.1, 0.15) is 5.75 Å². The molecule has 0 aliphatic rings. The van der Waals surface area contributed by atoms with Crippen LogP contribution in [0.2, 0.25) is 0 Å². The minimum absolute atomic E-state index is 0.168. The van der Waals surface area contributed by atoms with Gasteiger partial charge in [-0.3, -0.25) is 4.79 Å². The maximum Gasteiger partial charge on any atom is 0.303 e. The standard InChI is InChI=1S/C13H16O3/c1-2-16-12-8-5-7-11(10-12)6-3-4-9-13(14)15/h3,5-8,10H,2,4,9H2,1H3,(H,14,15). The second-order valence-corrected chi connectivity index (χ2v) is 3.34. The van der Waals surface area contributed by atoms with Crippen LogP contribution >= 0.6 is 0 Å². The van der Waals surface area contributed by atoms with Crippen molar-refractivity contribution in [2.24, 2.45) is 0 Å². The lowest BCUT2D eigenvalue weighted by Crippen LogP contribution is -1.92. The van der Waals surface area contributed by atoms with E-state index in [0.717, 1.165) is 11.3 Å². The van der Waals surface area contributed by atoms with Gasteiger partial charge in [-0.05, 0) is 31.0 Å². The lowest BCUT2D eigenvalue weighted by atomic mass is 10.2. The number of ether oxygens (including phenoxy) is 1. The molecule has 0 amide bonds. The van der Waals surface area contributed by atoms with Crippen LogP contribution in [0.25, 0.3) is 6.08 Å². The lowest BCUT2D eigenvalue weighted by molar-refractivity contribution is -0.136. The number of hydrogen-bond donors (Lipinski definition) is 1. The molecule has 0 aliphatic heterocycles. The quantitative estimate of drug-likeness (QED) is 0.801. The molecule has 0 aliphatic carbocycles. The van der Waals surface area contributed by atoms with Crippen LogP contribution in [-0.4, -0.2) is 17.7 Å². The smallest absolute Gasteiger partial charge is 0.303 e.